The van der Waals surface area contributed by atoms with Gasteiger partial charge < -0.3 is 10.2 Å². The quantitative estimate of drug-likeness (QED) is 0.480. The first-order valence-electron chi connectivity index (χ1n) is 10.4. The van der Waals surface area contributed by atoms with Gasteiger partial charge in [-0.3, -0.25) is 14.5 Å². The second kappa shape index (κ2) is 10.1. The van der Waals surface area contributed by atoms with Crippen molar-refractivity contribution in [1.29, 1.82) is 0 Å². The van der Waals surface area contributed by atoms with Crippen LogP contribution >= 0.6 is 23.8 Å². The Morgan fingerprint density at radius 2 is 1.67 bits per heavy atom. The van der Waals surface area contributed by atoms with Crippen molar-refractivity contribution in [1.82, 2.24) is 4.90 Å². The highest BCUT2D eigenvalue weighted by Gasteiger charge is 2.43. The normalized spacial score (nSPS) is 15.8. The molecule has 0 radical (unpaired) electrons. The molecule has 3 aromatic rings. The SMILES string of the molecule is O=C(CC1C(=O)N(c2ccc(Cl)cc2)C(=S)N1CCc1ccccc1)Nc1ccc(F)cc1. The first-order valence-corrected chi connectivity index (χ1v) is 11.2. The fraction of sp³-hybridized carbons (Fsp3) is 0.160. The Bertz CT molecular complexity index is 1160. The van der Waals surface area contributed by atoms with Crippen LogP contribution in [0.15, 0.2) is 78.9 Å². The molecule has 33 heavy (non-hydrogen) atoms. The molecule has 0 bridgehead atoms. The van der Waals surface area contributed by atoms with Gasteiger partial charge in [0, 0.05) is 17.3 Å². The molecule has 5 nitrogen and oxygen atoms in total. The average molecular weight is 482 g/mol. The molecule has 0 aliphatic carbocycles. The van der Waals surface area contributed by atoms with Gasteiger partial charge in [0.15, 0.2) is 5.11 Å². The second-order valence-electron chi connectivity index (χ2n) is 7.64. The van der Waals surface area contributed by atoms with Gasteiger partial charge in [0.05, 0.1) is 12.1 Å². The number of thiocarbonyl (C=S) groups is 1. The molecule has 0 spiro atoms. The number of anilines is 2. The van der Waals surface area contributed by atoms with Gasteiger partial charge in [0.25, 0.3) is 5.91 Å². The van der Waals surface area contributed by atoms with Crippen molar-refractivity contribution < 1.29 is 14.0 Å². The van der Waals surface area contributed by atoms with Crippen LogP contribution in [-0.4, -0.2) is 34.4 Å². The molecule has 1 atom stereocenters. The Morgan fingerprint density at radius 3 is 2.33 bits per heavy atom. The Balaban J connectivity index is 1.55. The van der Waals surface area contributed by atoms with Gasteiger partial charge in [0.2, 0.25) is 5.91 Å². The molecule has 0 aromatic heterocycles. The number of carbonyl (C=O) groups excluding carboxylic acids is 2. The van der Waals surface area contributed by atoms with Crippen molar-refractivity contribution in [2.24, 2.45) is 0 Å². The zero-order chi connectivity index (χ0) is 23.4. The number of nitrogens with zero attached hydrogens (tertiary/aromatic N) is 2. The van der Waals surface area contributed by atoms with Crippen LogP contribution in [0.25, 0.3) is 0 Å². The molecule has 4 rings (SSSR count). The molecule has 1 N–H and O–H groups in total. The number of benzene rings is 3. The van der Waals surface area contributed by atoms with Gasteiger partial charge in [-0.05, 0) is 72.7 Å². The van der Waals surface area contributed by atoms with Gasteiger partial charge in [-0.1, -0.05) is 41.9 Å². The van der Waals surface area contributed by atoms with Crippen molar-refractivity contribution >= 4 is 52.1 Å². The maximum Gasteiger partial charge on any atom is 0.256 e. The summed E-state index contributed by atoms with van der Waals surface area (Å²) in [5.41, 5.74) is 2.16. The van der Waals surface area contributed by atoms with Crippen LogP contribution < -0.4 is 10.2 Å². The van der Waals surface area contributed by atoms with Crippen LogP contribution in [0.5, 0.6) is 0 Å². The number of nitrogens with one attached hydrogen (secondary N) is 1. The second-order valence-corrected chi connectivity index (χ2v) is 8.44. The largest absolute Gasteiger partial charge is 0.336 e. The lowest BCUT2D eigenvalue weighted by molar-refractivity contribution is -0.124. The van der Waals surface area contributed by atoms with Crippen LogP contribution in [0.2, 0.25) is 5.02 Å². The minimum Gasteiger partial charge on any atom is -0.336 e. The van der Waals surface area contributed by atoms with E-state index in [-0.39, 0.29) is 18.2 Å². The Hall–Kier alpha value is -3.29. The maximum absolute atomic E-state index is 13.4. The number of hydrogen-bond acceptors (Lipinski definition) is 3. The molecule has 0 saturated carbocycles. The van der Waals surface area contributed by atoms with E-state index < -0.39 is 11.9 Å². The first kappa shape index (κ1) is 22.9. The summed E-state index contributed by atoms with van der Waals surface area (Å²) in [5, 5.41) is 3.62. The summed E-state index contributed by atoms with van der Waals surface area (Å²) in [5.74, 6) is -1.02. The zero-order valence-electron chi connectivity index (χ0n) is 17.6. The van der Waals surface area contributed by atoms with Crippen molar-refractivity contribution in [3.8, 4) is 0 Å². The number of rotatable bonds is 7. The summed E-state index contributed by atoms with van der Waals surface area (Å²) >= 11 is 11.7. The summed E-state index contributed by atoms with van der Waals surface area (Å²) in [6.45, 7) is 0.479. The van der Waals surface area contributed by atoms with E-state index in [1.165, 1.54) is 29.2 Å². The lowest BCUT2D eigenvalue weighted by atomic mass is 10.1. The number of amides is 2. The van der Waals surface area contributed by atoms with E-state index in [1.54, 1.807) is 29.2 Å². The van der Waals surface area contributed by atoms with E-state index in [9.17, 15) is 14.0 Å². The Labute approximate surface area is 201 Å². The molecule has 2 amide bonds. The minimum absolute atomic E-state index is 0.0881. The van der Waals surface area contributed by atoms with Crippen molar-refractivity contribution in [3.05, 3.63) is 95.3 Å². The number of halogens is 2. The van der Waals surface area contributed by atoms with Crippen LogP contribution in [0.3, 0.4) is 0 Å². The highest BCUT2D eigenvalue weighted by Crippen LogP contribution is 2.28. The summed E-state index contributed by atoms with van der Waals surface area (Å²) in [6, 6.07) is 21.4. The molecule has 1 aliphatic rings. The first-order chi connectivity index (χ1) is 15.9. The van der Waals surface area contributed by atoms with Gasteiger partial charge in [-0.25, -0.2) is 4.39 Å². The van der Waals surface area contributed by atoms with E-state index >= 15 is 0 Å². The lowest BCUT2D eigenvalue weighted by Gasteiger charge is -2.24. The number of hydrogen-bond donors (Lipinski definition) is 1. The summed E-state index contributed by atoms with van der Waals surface area (Å²) in [6.07, 6.45) is 0.577. The monoisotopic (exact) mass is 481 g/mol. The van der Waals surface area contributed by atoms with Crippen LogP contribution in [0.4, 0.5) is 15.8 Å². The molecular weight excluding hydrogens is 461 g/mol. The van der Waals surface area contributed by atoms with Gasteiger partial charge in [-0.2, -0.15) is 0 Å². The minimum atomic E-state index is -0.752. The maximum atomic E-state index is 13.4. The van der Waals surface area contributed by atoms with Crippen LogP contribution in [0.1, 0.15) is 12.0 Å². The molecule has 3 aromatic carbocycles. The molecule has 168 valence electrons. The van der Waals surface area contributed by atoms with E-state index in [4.69, 9.17) is 23.8 Å². The van der Waals surface area contributed by atoms with E-state index in [1.807, 2.05) is 30.3 Å². The van der Waals surface area contributed by atoms with Gasteiger partial charge in [-0.15, -0.1) is 0 Å². The topological polar surface area (TPSA) is 52.7 Å². The summed E-state index contributed by atoms with van der Waals surface area (Å²) in [4.78, 5) is 29.4. The standard InChI is InChI=1S/C25H21ClFN3O2S/c26-18-6-12-21(13-7-18)30-24(32)22(16-23(31)28-20-10-8-19(27)9-11-20)29(25(30)33)15-14-17-4-2-1-3-5-17/h1-13,22H,14-16H2,(H,28,31). The molecule has 8 heteroatoms. The lowest BCUT2D eigenvalue weighted by Crippen LogP contribution is -2.39. The number of carbonyl (C=O) groups is 2. The van der Waals surface area contributed by atoms with Gasteiger partial charge >= 0.3 is 0 Å². The smallest absolute Gasteiger partial charge is 0.256 e. The Morgan fingerprint density at radius 1 is 1.00 bits per heavy atom. The average Bonchev–Trinajstić information content (AvgIpc) is 3.04. The molecule has 1 heterocycles. The third-order valence-electron chi connectivity index (χ3n) is 5.39. The molecule has 1 aliphatic heterocycles. The molecule has 1 saturated heterocycles. The van der Waals surface area contributed by atoms with Gasteiger partial charge in [0.1, 0.15) is 11.9 Å². The zero-order valence-corrected chi connectivity index (χ0v) is 19.2. The van der Waals surface area contributed by atoms with Crippen LogP contribution in [-0.2, 0) is 16.0 Å². The fourth-order valence-electron chi connectivity index (χ4n) is 3.73. The third kappa shape index (κ3) is 5.38. The van der Waals surface area contributed by atoms with E-state index in [0.29, 0.717) is 34.5 Å². The fourth-order valence-corrected chi connectivity index (χ4v) is 4.27. The van der Waals surface area contributed by atoms with E-state index in [2.05, 4.69) is 5.32 Å². The Kier molecular flexibility index (Phi) is 7.01. The highest BCUT2D eigenvalue weighted by molar-refractivity contribution is 7.80. The van der Waals surface area contributed by atoms with Crippen molar-refractivity contribution in [3.63, 3.8) is 0 Å². The molecule has 1 unspecified atom stereocenters. The summed E-state index contributed by atoms with van der Waals surface area (Å²) in [7, 11) is 0. The van der Waals surface area contributed by atoms with Crippen molar-refractivity contribution in [2.75, 3.05) is 16.8 Å². The van der Waals surface area contributed by atoms with E-state index in [0.717, 1.165) is 5.56 Å². The van der Waals surface area contributed by atoms with Crippen LogP contribution in [0, 0.1) is 5.82 Å². The predicted molar refractivity (Wildman–Crippen MR) is 132 cm³/mol. The summed E-state index contributed by atoms with van der Waals surface area (Å²) < 4.78 is 13.2. The molecular formula is C25H21ClFN3O2S. The molecule has 1 fully saturated rings. The van der Waals surface area contributed by atoms with Crippen molar-refractivity contribution in [2.45, 2.75) is 18.9 Å². The highest BCUT2D eigenvalue weighted by atomic mass is 35.5. The third-order valence-corrected chi connectivity index (χ3v) is 6.06. The predicted octanol–water partition coefficient (Wildman–Crippen LogP) is 5.05.